The van der Waals surface area contributed by atoms with E-state index in [1.54, 1.807) is 0 Å². The first-order valence-electron chi connectivity index (χ1n) is 10.0. The van der Waals surface area contributed by atoms with Crippen LogP contribution in [0.4, 0.5) is 0 Å². The molecule has 2 heterocycles. The summed E-state index contributed by atoms with van der Waals surface area (Å²) in [6, 6.07) is 0.390. The molecule has 0 aromatic rings. The van der Waals surface area contributed by atoms with Gasteiger partial charge in [-0.05, 0) is 50.5 Å². The van der Waals surface area contributed by atoms with Crippen molar-refractivity contribution >= 4 is 5.91 Å². The van der Waals surface area contributed by atoms with Gasteiger partial charge in [0, 0.05) is 32.2 Å². The number of rotatable bonds is 4. The summed E-state index contributed by atoms with van der Waals surface area (Å²) in [5, 5.41) is 6.94. The maximum Gasteiger partial charge on any atom is 0.228 e. The number of nitrogens with zero attached hydrogens (tertiary/aromatic N) is 1. The Labute approximate surface area is 140 Å². The van der Waals surface area contributed by atoms with Crippen LogP contribution in [0.5, 0.6) is 0 Å². The van der Waals surface area contributed by atoms with Gasteiger partial charge in [0.25, 0.3) is 0 Å². The molecule has 0 spiro atoms. The van der Waals surface area contributed by atoms with Gasteiger partial charge in [0.1, 0.15) is 0 Å². The highest BCUT2D eigenvalue weighted by atomic mass is 16.2. The summed E-state index contributed by atoms with van der Waals surface area (Å²) in [5.74, 6) is 1.86. The summed E-state index contributed by atoms with van der Waals surface area (Å²) in [5.41, 5.74) is -0.0862. The molecule has 2 saturated carbocycles. The summed E-state index contributed by atoms with van der Waals surface area (Å²) < 4.78 is 0. The minimum absolute atomic E-state index is 0.0862. The van der Waals surface area contributed by atoms with Gasteiger partial charge in [-0.1, -0.05) is 25.7 Å². The smallest absolute Gasteiger partial charge is 0.228 e. The van der Waals surface area contributed by atoms with E-state index in [-0.39, 0.29) is 5.41 Å². The van der Waals surface area contributed by atoms with Crippen LogP contribution in [0.3, 0.4) is 0 Å². The molecule has 4 nitrogen and oxygen atoms in total. The van der Waals surface area contributed by atoms with Crippen LogP contribution in [0.25, 0.3) is 0 Å². The molecule has 2 aliphatic heterocycles. The monoisotopic (exact) mass is 319 g/mol. The Balaban J connectivity index is 1.30. The van der Waals surface area contributed by atoms with Crippen LogP contribution < -0.4 is 10.6 Å². The predicted molar refractivity (Wildman–Crippen MR) is 92.2 cm³/mol. The minimum Gasteiger partial charge on any atom is -0.351 e. The highest BCUT2D eigenvalue weighted by Gasteiger charge is 2.50. The highest BCUT2D eigenvalue weighted by Crippen LogP contribution is 2.44. The van der Waals surface area contributed by atoms with Gasteiger partial charge < -0.3 is 15.5 Å². The average Bonchev–Trinajstić information content (AvgIpc) is 3.28. The Hall–Kier alpha value is -0.610. The molecule has 1 amide bonds. The maximum atomic E-state index is 13.0. The van der Waals surface area contributed by atoms with E-state index in [0.717, 1.165) is 38.4 Å². The van der Waals surface area contributed by atoms with Crippen LogP contribution in [-0.4, -0.2) is 49.6 Å². The van der Waals surface area contributed by atoms with E-state index in [4.69, 9.17) is 0 Å². The Morgan fingerprint density at radius 3 is 2.83 bits per heavy atom. The zero-order valence-corrected chi connectivity index (χ0v) is 14.5. The summed E-state index contributed by atoms with van der Waals surface area (Å²) in [6.45, 7) is 5.47. The first-order valence-corrected chi connectivity index (χ1v) is 10.0. The van der Waals surface area contributed by atoms with Gasteiger partial charge in [-0.15, -0.1) is 0 Å². The van der Waals surface area contributed by atoms with Gasteiger partial charge in [0.15, 0.2) is 0 Å². The van der Waals surface area contributed by atoms with Crippen molar-refractivity contribution in [2.24, 2.45) is 17.3 Å². The largest absolute Gasteiger partial charge is 0.351 e. The third-order valence-corrected chi connectivity index (χ3v) is 7.09. The van der Waals surface area contributed by atoms with Crippen molar-refractivity contribution in [2.45, 2.75) is 63.8 Å². The number of amides is 1. The molecule has 2 aliphatic carbocycles. The number of fused-ring (bicyclic) bond motifs is 1. The number of carbonyl (C=O) groups is 1. The minimum atomic E-state index is -0.0862. The van der Waals surface area contributed by atoms with Crippen LogP contribution in [0.1, 0.15) is 57.8 Å². The molecule has 4 aliphatic rings. The zero-order chi connectivity index (χ0) is 15.7. The lowest BCUT2D eigenvalue weighted by Gasteiger charge is -2.38. The van der Waals surface area contributed by atoms with Crippen molar-refractivity contribution < 1.29 is 4.79 Å². The topological polar surface area (TPSA) is 44.4 Å². The number of likely N-dealkylation sites (tertiary alicyclic amines) is 1. The van der Waals surface area contributed by atoms with Gasteiger partial charge in [0.2, 0.25) is 5.91 Å². The van der Waals surface area contributed by atoms with Gasteiger partial charge in [-0.25, -0.2) is 0 Å². The Morgan fingerprint density at radius 1 is 1.13 bits per heavy atom. The zero-order valence-electron chi connectivity index (χ0n) is 14.5. The van der Waals surface area contributed by atoms with Crippen molar-refractivity contribution in [3.63, 3.8) is 0 Å². The van der Waals surface area contributed by atoms with Gasteiger partial charge in [-0.2, -0.15) is 0 Å². The SMILES string of the molecule is O=C(NC1CCN(CC2CCCC2)C1)[C@@]12CCCC[C@H]1CNC2. The highest BCUT2D eigenvalue weighted by molar-refractivity contribution is 5.84. The van der Waals surface area contributed by atoms with Crippen molar-refractivity contribution in [1.29, 1.82) is 0 Å². The van der Waals surface area contributed by atoms with E-state index >= 15 is 0 Å². The number of hydrogen-bond donors (Lipinski definition) is 2. The first kappa shape index (κ1) is 15.9. The average molecular weight is 319 g/mol. The van der Waals surface area contributed by atoms with Crippen LogP contribution in [0.15, 0.2) is 0 Å². The van der Waals surface area contributed by atoms with E-state index < -0.39 is 0 Å². The fraction of sp³-hybridized carbons (Fsp3) is 0.947. The number of hydrogen-bond acceptors (Lipinski definition) is 3. The van der Waals surface area contributed by atoms with E-state index in [0.29, 0.717) is 17.9 Å². The Morgan fingerprint density at radius 2 is 1.96 bits per heavy atom. The van der Waals surface area contributed by atoms with E-state index in [9.17, 15) is 4.79 Å². The van der Waals surface area contributed by atoms with Crippen molar-refractivity contribution in [3.05, 3.63) is 0 Å². The fourth-order valence-corrected chi connectivity index (χ4v) is 5.69. The normalized spacial score (nSPS) is 38.8. The van der Waals surface area contributed by atoms with Gasteiger partial charge in [-0.3, -0.25) is 4.79 Å². The van der Waals surface area contributed by atoms with E-state index in [1.807, 2.05) is 0 Å². The van der Waals surface area contributed by atoms with Crippen LogP contribution in [0, 0.1) is 17.3 Å². The lowest BCUT2D eigenvalue weighted by molar-refractivity contribution is -0.134. The Bertz CT molecular complexity index is 434. The molecular formula is C19H33N3O. The lowest BCUT2D eigenvalue weighted by Crippen LogP contribution is -2.51. The summed E-state index contributed by atoms with van der Waals surface area (Å²) in [7, 11) is 0. The van der Waals surface area contributed by atoms with Crippen LogP contribution in [0.2, 0.25) is 0 Å². The second-order valence-electron chi connectivity index (χ2n) is 8.60. The third kappa shape index (κ3) is 3.17. The van der Waals surface area contributed by atoms with Crippen molar-refractivity contribution in [3.8, 4) is 0 Å². The molecule has 4 heteroatoms. The molecule has 4 rings (SSSR count). The van der Waals surface area contributed by atoms with Gasteiger partial charge >= 0.3 is 0 Å². The molecule has 0 bridgehead atoms. The molecule has 2 saturated heterocycles. The molecule has 23 heavy (non-hydrogen) atoms. The molecule has 0 radical (unpaired) electrons. The quantitative estimate of drug-likeness (QED) is 0.834. The Kier molecular flexibility index (Phi) is 4.64. The van der Waals surface area contributed by atoms with Crippen molar-refractivity contribution in [1.82, 2.24) is 15.5 Å². The third-order valence-electron chi connectivity index (χ3n) is 7.09. The molecule has 0 aromatic carbocycles. The molecule has 2 N–H and O–H groups in total. The van der Waals surface area contributed by atoms with E-state index in [2.05, 4.69) is 15.5 Å². The molecule has 3 atom stereocenters. The molecular weight excluding hydrogens is 286 g/mol. The second kappa shape index (κ2) is 6.72. The van der Waals surface area contributed by atoms with Gasteiger partial charge in [0.05, 0.1) is 5.41 Å². The number of carbonyl (C=O) groups excluding carboxylic acids is 1. The molecule has 1 unspecified atom stereocenters. The lowest BCUT2D eigenvalue weighted by atomic mass is 9.67. The van der Waals surface area contributed by atoms with Crippen LogP contribution >= 0.6 is 0 Å². The first-order chi connectivity index (χ1) is 11.3. The predicted octanol–water partition coefficient (Wildman–Crippen LogP) is 2.15. The standard InChI is InChI=1S/C19H33N3O/c23-18(19-9-4-3-7-16(19)11-20-14-19)21-17-8-10-22(13-17)12-15-5-1-2-6-15/h15-17,20H,1-14H2,(H,21,23)/t16-,17?,19+/m0/s1. The van der Waals surface area contributed by atoms with Crippen molar-refractivity contribution in [2.75, 3.05) is 32.7 Å². The molecule has 4 fully saturated rings. The number of nitrogens with one attached hydrogen (secondary N) is 2. The summed E-state index contributed by atoms with van der Waals surface area (Å²) in [4.78, 5) is 15.6. The maximum absolute atomic E-state index is 13.0. The van der Waals surface area contributed by atoms with Crippen LogP contribution in [-0.2, 0) is 4.79 Å². The summed E-state index contributed by atoms with van der Waals surface area (Å²) in [6.07, 6.45) is 11.7. The fourth-order valence-electron chi connectivity index (χ4n) is 5.69. The molecule has 130 valence electrons. The van der Waals surface area contributed by atoms with E-state index in [1.165, 1.54) is 58.0 Å². The second-order valence-corrected chi connectivity index (χ2v) is 8.60. The summed E-state index contributed by atoms with van der Waals surface area (Å²) >= 11 is 0. The molecule has 0 aromatic heterocycles.